The van der Waals surface area contributed by atoms with Gasteiger partial charge in [0.2, 0.25) is 5.89 Å². The Morgan fingerprint density at radius 2 is 1.83 bits per heavy atom. The molecular formula is C16H17N3O4S. The molecule has 2 heterocycles. The molecule has 24 heavy (non-hydrogen) atoms. The first-order valence-corrected chi connectivity index (χ1v) is 8.97. The summed E-state index contributed by atoms with van der Waals surface area (Å²) in [6.07, 6.45) is -0.462. The van der Waals surface area contributed by atoms with E-state index in [-0.39, 0.29) is 36.9 Å². The molecule has 2 aromatic rings. The molecule has 0 spiro atoms. The molecule has 3 rings (SSSR count). The normalized spacial score (nSPS) is 22.2. The second kappa shape index (κ2) is 6.36. The van der Waals surface area contributed by atoms with E-state index in [4.69, 9.17) is 9.15 Å². The van der Waals surface area contributed by atoms with Gasteiger partial charge in [-0.1, -0.05) is 18.2 Å². The summed E-state index contributed by atoms with van der Waals surface area (Å²) in [7, 11) is -3.96. The lowest BCUT2D eigenvalue weighted by Gasteiger charge is -2.33. The fourth-order valence-electron chi connectivity index (χ4n) is 2.70. The summed E-state index contributed by atoms with van der Waals surface area (Å²) < 4.78 is 38.1. The number of nitrogens with zero attached hydrogens (tertiary/aromatic N) is 3. The molecule has 0 saturated carbocycles. The Bertz CT molecular complexity index is 860. The van der Waals surface area contributed by atoms with E-state index in [9.17, 15) is 13.7 Å². The van der Waals surface area contributed by atoms with Crippen molar-refractivity contribution in [3.63, 3.8) is 0 Å². The molecule has 1 aliphatic rings. The van der Waals surface area contributed by atoms with Crippen LogP contribution in [0, 0.1) is 11.3 Å². The maximum Gasteiger partial charge on any atom is 0.279 e. The number of oxazole rings is 1. The van der Waals surface area contributed by atoms with E-state index < -0.39 is 15.1 Å². The lowest BCUT2D eigenvalue weighted by atomic mass is 10.2. The highest BCUT2D eigenvalue weighted by atomic mass is 32.2. The Labute approximate surface area is 140 Å². The van der Waals surface area contributed by atoms with Crippen molar-refractivity contribution in [3.8, 4) is 17.5 Å². The van der Waals surface area contributed by atoms with Crippen LogP contribution in [0.3, 0.4) is 0 Å². The van der Waals surface area contributed by atoms with E-state index in [1.54, 1.807) is 38.1 Å². The Morgan fingerprint density at radius 1 is 1.21 bits per heavy atom. The van der Waals surface area contributed by atoms with Gasteiger partial charge in [0.25, 0.3) is 15.1 Å². The number of aromatic nitrogens is 1. The Kier molecular flexibility index (Phi) is 4.41. The lowest BCUT2D eigenvalue weighted by Crippen LogP contribution is -2.48. The first-order chi connectivity index (χ1) is 11.4. The van der Waals surface area contributed by atoms with Gasteiger partial charge >= 0.3 is 0 Å². The van der Waals surface area contributed by atoms with Crippen LogP contribution in [0.25, 0.3) is 11.5 Å². The first-order valence-electron chi connectivity index (χ1n) is 7.53. The molecule has 1 fully saturated rings. The van der Waals surface area contributed by atoms with Gasteiger partial charge in [0.15, 0.2) is 5.69 Å². The van der Waals surface area contributed by atoms with Crippen LogP contribution < -0.4 is 0 Å². The number of ether oxygens (including phenoxy) is 1. The topological polar surface area (TPSA) is 96.4 Å². The van der Waals surface area contributed by atoms with Crippen LogP contribution in [-0.2, 0) is 14.8 Å². The molecule has 2 unspecified atom stereocenters. The number of hydrogen-bond donors (Lipinski definition) is 0. The number of hydrogen-bond acceptors (Lipinski definition) is 6. The molecule has 0 N–H and O–H groups in total. The van der Waals surface area contributed by atoms with Gasteiger partial charge in [-0.25, -0.2) is 8.42 Å². The van der Waals surface area contributed by atoms with E-state index >= 15 is 0 Å². The van der Waals surface area contributed by atoms with Crippen LogP contribution in [0.1, 0.15) is 19.5 Å². The highest BCUT2D eigenvalue weighted by Gasteiger charge is 2.37. The molecule has 0 aliphatic carbocycles. The van der Waals surface area contributed by atoms with Crippen molar-refractivity contribution in [2.75, 3.05) is 13.1 Å². The Morgan fingerprint density at radius 3 is 2.42 bits per heavy atom. The zero-order valence-electron chi connectivity index (χ0n) is 13.3. The quantitative estimate of drug-likeness (QED) is 0.842. The van der Waals surface area contributed by atoms with Crippen LogP contribution in [0.4, 0.5) is 0 Å². The van der Waals surface area contributed by atoms with Crippen LogP contribution >= 0.6 is 0 Å². The van der Waals surface area contributed by atoms with Gasteiger partial charge in [-0.15, -0.1) is 0 Å². The summed E-state index contributed by atoms with van der Waals surface area (Å²) in [5.41, 5.74) is 0.375. The van der Waals surface area contributed by atoms with Crippen molar-refractivity contribution in [2.45, 2.75) is 31.1 Å². The lowest BCUT2D eigenvalue weighted by molar-refractivity contribution is -0.0443. The zero-order valence-corrected chi connectivity index (χ0v) is 14.2. The van der Waals surface area contributed by atoms with Crippen molar-refractivity contribution in [1.82, 2.24) is 9.29 Å². The molecule has 2 atom stereocenters. The summed E-state index contributed by atoms with van der Waals surface area (Å²) >= 11 is 0. The predicted molar refractivity (Wildman–Crippen MR) is 85.4 cm³/mol. The highest BCUT2D eigenvalue weighted by molar-refractivity contribution is 7.89. The minimum absolute atomic E-state index is 0.111. The van der Waals surface area contributed by atoms with Gasteiger partial charge in [0.05, 0.1) is 12.2 Å². The molecule has 1 aromatic heterocycles. The highest BCUT2D eigenvalue weighted by Crippen LogP contribution is 2.28. The monoisotopic (exact) mass is 347 g/mol. The summed E-state index contributed by atoms with van der Waals surface area (Å²) in [5.74, 6) is 0.111. The van der Waals surface area contributed by atoms with Gasteiger partial charge in [0, 0.05) is 18.7 Å². The standard InChI is InChI=1S/C16H17N3O4S/c1-11-9-19(10-12(2)22-11)24(20,21)16-14(8-17)18-15(23-16)13-6-4-3-5-7-13/h3-7,11-12H,9-10H2,1-2H3. The number of nitriles is 1. The molecular weight excluding hydrogens is 330 g/mol. The van der Waals surface area contributed by atoms with Gasteiger partial charge in [-0.3, -0.25) is 0 Å². The molecule has 1 aromatic carbocycles. The molecule has 1 saturated heterocycles. The average Bonchev–Trinajstić information content (AvgIpc) is 3.00. The first kappa shape index (κ1) is 16.6. The van der Waals surface area contributed by atoms with Crippen molar-refractivity contribution < 1.29 is 17.6 Å². The van der Waals surface area contributed by atoms with E-state index in [0.29, 0.717) is 5.56 Å². The zero-order chi connectivity index (χ0) is 17.3. The second-order valence-electron chi connectivity index (χ2n) is 5.71. The van der Waals surface area contributed by atoms with E-state index in [1.807, 2.05) is 12.1 Å². The maximum absolute atomic E-state index is 12.9. The number of sulfonamides is 1. The minimum atomic E-state index is -3.96. The average molecular weight is 347 g/mol. The molecule has 0 radical (unpaired) electrons. The molecule has 0 amide bonds. The molecule has 7 nitrogen and oxygen atoms in total. The van der Waals surface area contributed by atoms with Gasteiger partial charge < -0.3 is 9.15 Å². The number of rotatable bonds is 3. The fraction of sp³-hybridized carbons (Fsp3) is 0.375. The van der Waals surface area contributed by atoms with E-state index in [2.05, 4.69) is 4.98 Å². The summed E-state index contributed by atoms with van der Waals surface area (Å²) in [5, 5.41) is 8.85. The van der Waals surface area contributed by atoms with Crippen LogP contribution in [0.15, 0.2) is 39.8 Å². The SMILES string of the molecule is CC1CN(S(=O)(=O)c2oc(-c3ccccc3)nc2C#N)CC(C)O1. The molecule has 0 bridgehead atoms. The largest absolute Gasteiger partial charge is 0.422 e. The van der Waals surface area contributed by atoms with Crippen molar-refractivity contribution in [2.24, 2.45) is 0 Å². The smallest absolute Gasteiger partial charge is 0.279 e. The summed E-state index contributed by atoms with van der Waals surface area (Å²) in [6, 6.07) is 10.7. The van der Waals surface area contributed by atoms with Crippen LogP contribution in [-0.4, -0.2) is 43.0 Å². The second-order valence-corrected chi connectivity index (χ2v) is 7.55. The van der Waals surface area contributed by atoms with E-state index in [0.717, 1.165) is 0 Å². The van der Waals surface area contributed by atoms with E-state index in [1.165, 1.54) is 4.31 Å². The van der Waals surface area contributed by atoms with Crippen molar-refractivity contribution in [1.29, 1.82) is 5.26 Å². The minimum Gasteiger partial charge on any atom is -0.422 e. The predicted octanol–water partition coefficient (Wildman–Crippen LogP) is 2.01. The number of benzene rings is 1. The third-order valence-corrected chi connectivity index (χ3v) is 5.41. The maximum atomic E-state index is 12.9. The number of morpholine rings is 1. The molecule has 1 aliphatic heterocycles. The van der Waals surface area contributed by atoms with Gasteiger partial charge in [-0.2, -0.15) is 14.6 Å². The molecule has 8 heteroatoms. The Hall–Kier alpha value is -2.21. The fourth-order valence-corrected chi connectivity index (χ4v) is 4.27. The van der Waals surface area contributed by atoms with Crippen LogP contribution in [0.5, 0.6) is 0 Å². The molecule has 126 valence electrons. The van der Waals surface area contributed by atoms with Crippen molar-refractivity contribution >= 4 is 10.0 Å². The van der Waals surface area contributed by atoms with Gasteiger partial charge in [0.1, 0.15) is 6.07 Å². The van der Waals surface area contributed by atoms with Crippen molar-refractivity contribution in [3.05, 3.63) is 36.0 Å². The summed E-state index contributed by atoms with van der Waals surface area (Å²) in [4.78, 5) is 4.03. The third kappa shape index (κ3) is 3.06. The Balaban J connectivity index is 2.02. The summed E-state index contributed by atoms with van der Waals surface area (Å²) in [6.45, 7) is 4.02. The third-order valence-electron chi connectivity index (χ3n) is 3.68. The van der Waals surface area contributed by atoms with Gasteiger partial charge in [-0.05, 0) is 26.0 Å². The van der Waals surface area contributed by atoms with Crippen LogP contribution in [0.2, 0.25) is 0 Å².